The number of thiazole rings is 1. The number of aromatic nitrogens is 5. The number of aryl methyl sites for hydroxylation is 2. The fourth-order valence-corrected chi connectivity index (χ4v) is 2.68. The fraction of sp³-hybridized carbons (Fsp3) is 0.333. The minimum absolute atomic E-state index is 0.800. The lowest BCUT2D eigenvalue weighted by molar-refractivity contribution is 0.785. The molecule has 0 saturated heterocycles. The molecule has 98 valence electrons. The van der Waals surface area contributed by atoms with Crippen molar-refractivity contribution < 1.29 is 0 Å². The van der Waals surface area contributed by atoms with Crippen molar-refractivity contribution in [1.29, 1.82) is 0 Å². The van der Waals surface area contributed by atoms with Crippen molar-refractivity contribution >= 4 is 28.2 Å². The second-order valence-electron chi connectivity index (χ2n) is 4.29. The van der Waals surface area contributed by atoms with Crippen LogP contribution in [0, 0.1) is 6.92 Å². The first-order valence-corrected chi connectivity index (χ1v) is 6.89. The summed E-state index contributed by atoms with van der Waals surface area (Å²) in [6, 6.07) is 0. The normalized spacial score (nSPS) is 11.1. The molecule has 3 heterocycles. The van der Waals surface area contributed by atoms with Gasteiger partial charge in [0.25, 0.3) is 0 Å². The Morgan fingerprint density at radius 3 is 3.05 bits per heavy atom. The van der Waals surface area contributed by atoms with Crippen molar-refractivity contribution in [3.05, 3.63) is 28.6 Å². The summed E-state index contributed by atoms with van der Waals surface area (Å²) in [6.45, 7) is 2.81. The Morgan fingerprint density at radius 2 is 2.26 bits per heavy atom. The smallest absolute Gasteiger partial charge is 0.163 e. The lowest BCUT2D eigenvalue weighted by Crippen LogP contribution is -2.07. The Bertz CT molecular complexity index is 701. The largest absolute Gasteiger partial charge is 0.369 e. The molecule has 0 atom stereocenters. The van der Waals surface area contributed by atoms with E-state index >= 15 is 0 Å². The highest BCUT2D eigenvalue weighted by molar-refractivity contribution is 7.09. The summed E-state index contributed by atoms with van der Waals surface area (Å²) in [5.74, 6) is 0.825. The number of hydrogen-bond donors (Lipinski definition) is 1. The molecular formula is C12H14N6S. The highest BCUT2D eigenvalue weighted by Gasteiger charge is 2.07. The monoisotopic (exact) mass is 274 g/mol. The summed E-state index contributed by atoms with van der Waals surface area (Å²) in [5, 5.41) is 11.7. The van der Waals surface area contributed by atoms with Crippen molar-refractivity contribution in [3.63, 3.8) is 0 Å². The first kappa shape index (κ1) is 12.0. The van der Waals surface area contributed by atoms with Gasteiger partial charge in [-0.05, 0) is 6.92 Å². The van der Waals surface area contributed by atoms with Crippen LogP contribution in [0.4, 0.5) is 5.82 Å². The Labute approximate surface area is 114 Å². The molecule has 0 aliphatic rings. The molecule has 6 nitrogen and oxygen atoms in total. The van der Waals surface area contributed by atoms with Gasteiger partial charge in [0.1, 0.15) is 12.1 Å². The van der Waals surface area contributed by atoms with Gasteiger partial charge in [0.05, 0.1) is 16.6 Å². The van der Waals surface area contributed by atoms with Gasteiger partial charge in [0.15, 0.2) is 5.65 Å². The van der Waals surface area contributed by atoms with Crippen molar-refractivity contribution in [2.45, 2.75) is 13.3 Å². The third-order valence-corrected chi connectivity index (χ3v) is 3.85. The van der Waals surface area contributed by atoms with E-state index in [1.165, 1.54) is 0 Å². The molecule has 0 amide bonds. The van der Waals surface area contributed by atoms with E-state index in [-0.39, 0.29) is 0 Å². The number of hydrogen-bond acceptors (Lipinski definition) is 6. The molecule has 0 saturated carbocycles. The minimum Gasteiger partial charge on any atom is -0.369 e. The highest BCUT2D eigenvalue weighted by Crippen LogP contribution is 2.17. The van der Waals surface area contributed by atoms with Gasteiger partial charge >= 0.3 is 0 Å². The number of fused-ring (bicyclic) bond motifs is 1. The third-order valence-electron chi connectivity index (χ3n) is 2.83. The molecule has 0 aliphatic heterocycles. The van der Waals surface area contributed by atoms with E-state index in [9.17, 15) is 0 Å². The Kier molecular flexibility index (Phi) is 3.12. The van der Waals surface area contributed by atoms with Crippen LogP contribution < -0.4 is 5.32 Å². The summed E-state index contributed by atoms with van der Waals surface area (Å²) >= 11 is 1.69. The standard InChI is InChI=1S/C12H14N6S/c1-8-6-19-10(17-8)3-4-13-11-9-5-16-18(2)12(9)15-7-14-11/h5-7H,3-4H2,1-2H3,(H,13,14,15). The van der Waals surface area contributed by atoms with Crippen molar-refractivity contribution in [1.82, 2.24) is 24.7 Å². The average molecular weight is 274 g/mol. The molecule has 3 rings (SSSR count). The van der Waals surface area contributed by atoms with Crippen LogP contribution in [0.2, 0.25) is 0 Å². The van der Waals surface area contributed by atoms with Gasteiger partial charge in [0.2, 0.25) is 0 Å². The SMILES string of the molecule is Cc1csc(CCNc2ncnc3c2cnn3C)n1. The quantitative estimate of drug-likeness (QED) is 0.785. The lowest BCUT2D eigenvalue weighted by Gasteiger charge is -2.04. The zero-order valence-electron chi connectivity index (χ0n) is 10.8. The third kappa shape index (κ3) is 2.41. The molecule has 19 heavy (non-hydrogen) atoms. The second-order valence-corrected chi connectivity index (χ2v) is 5.23. The topological polar surface area (TPSA) is 68.5 Å². The molecule has 1 N–H and O–H groups in total. The first-order valence-electron chi connectivity index (χ1n) is 6.01. The van der Waals surface area contributed by atoms with E-state index in [1.807, 2.05) is 14.0 Å². The van der Waals surface area contributed by atoms with Gasteiger partial charge in [-0.2, -0.15) is 5.10 Å². The van der Waals surface area contributed by atoms with E-state index in [0.29, 0.717) is 0 Å². The molecule has 3 aromatic rings. The summed E-state index contributed by atoms with van der Waals surface area (Å²) < 4.78 is 1.74. The number of nitrogens with zero attached hydrogens (tertiary/aromatic N) is 5. The van der Waals surface area contributed by atoms with Gasteiger partial charge in [-0.15, -0.1) is 11.3 Å². The van der Waals surface area contributed by atoms with Gasteiger partial charge in [0, 0.05) is 31.1 Å². The maximum atomic E-state index is 4.44. The summed E-state index contributed by atoms with van der Waals surface area (Å²) in [6.07, 6.45) is 4.23. The van der Waals surface area contributed by atoms with Gasteiger partial charge in [-0.3, -0.25) is 4.68 Å². The summed E-state index contributed by atoms with van der Waals surface area (Å²) in [5.41, 5.74) is 1.92. The Balaban J connectivity index is 1.71. The van der Waals surface area contributed by atoms with Gasteiger partial charge in [-0.1, -0.05) is 0 Å². The van der Waals surface area contributed by atoms with Crippen LogP contribution in [0.25, 0.3) is 11.0 Å². The Morgan fingerprint density at radius 1 is 1.37 bits per heavy atom. The zero-order chi connectivity index (χ0) is 13.2. The van der Waals surface area contributed by atoms with E-state index in [0.717, 1.165) is 40.5 Å². The van der Waals surface area contributed by atoms with Gasteiger partial charge in [-0.25, -0.2) is 15.0 Å². The van der Waals surface area contributed by atoms with Crippen LogP contribution in [0.3, 0.4) is 0 Å². The number of rotatable bonds is 4. The van der Waals surface area contributed by atoms with Crippen LogP contribution in [0.15, 0.2) is 17.9 Å². The minimum atomic E-state index is 0.800. The molecule has 0 aliphatic carbocycles. The molecule has 3 aromatic heterocycles. The van der Waals surface area contributed by atoms with E-state index < -0.39 is 0 Å². The van der Waals surface area contributed by atoms with Crippen molar-refractivity contribution in [3.8, 4) is 0 Å². The number of anilines is 1. The highest BCUT2D eigenvalue weighted by atomic mass is 32.1. The second kappa shape index (κ2) is 4.93. The van der Waals surface area contributed by atoms with E-state index in [4.69, 9.17) is 0 Å². The van der Waals surface area contributed by atoms with Crippen LogP contribution in [0.1, 0.15) is 10.7 Å². The first-order chi connectivity index (χ1) is 9.24. The fourth-order valence-electron chi connectivity index (χ4n) is 1.91. The predicted octanol–water partition coefficient (Wildman–Crippen LogP) is 1.78. The molecule has 0 fully saturated rings. The van der Waals surface area contributed by atoms with E-state index in [1.54, 1.807) is 28.5 Å². The maximum Gasteiger partial charge on any atom is 0.163 e. The molecular weight excluding hydrogens is 260 g/mol. The predicted molar refractivity (Wildman–Crippen MR) is 75.3 cm³/mol. The molecule has 0 unspecified atom stereocenters. The average Bonchev–Trinajstić information content (AvgIpc) is 2.98. The summed E-state index contributed by atoms with van der Waals surface area (Å²) in [4.78, 5) is 12.9. The molecule has 7 heteroatoms. The molecule has 0 spiro atoms. The van der Waals surface area contributed by atoms with Crippen LogP contribution in [0.5, 0.6) is 0 Å². The number of nitrogens with one attached hydrogen (secondary N) is 1. The van der Waals surface area contributed by atoms with Crippen LogP contribution >= 0.6 is 11.3 Å². The lowest BCUT2D eigenvalue weighted by atomic mass is 10.3. The Hall–Kier alpha value is -2.02. The van der Waals surface area contributed by atoms with E-state index in [2.05, 4.69) is 30.7 Å². The van der Waals surface area contributed by atoms with Gasteiger partial charge < -0.3 is 5.32 Å². The maximum absolute atomic E-state index is 4.44. The zero-order valence-corrected chi connectivity index (χ0v) is 11.6. The summed E-state index contributed by atoms with van der Waals surface area (Å²) in [7, 11) is 1.87. The van der Waals surface area contributed by atoms with Crippen molar-refractivity contribution in [2.75, 3.05) is 11.9 Å². The van der Waals surface area contributed by atoms with Crippen molar-refractivity contribution in [2.24, 2.45) is 7.05 Å². The molecule has 0 aromatic carbocycles. The molecule has 0 bridgehead atoms. The molecule has 0 radical (unpaired) electrons. The van der Waals surface area contributed by atoms with Crippen LogP contribution in [-0.4, -0.2) is 31.3 Å². The van der Waals surface area contributed by atoms with Crippen LogP contribution in [-0.2, 0) is 13.5 Å².